The molecule has 1 aromatic heterocycles. The molecule has 4 heteroatoms. The van der Waals surface area contributed by atoms with E-state index in [0.29, 0.717) is 18.5 Å². The Balaban J connectivity index is 1.66. The van der Waals surface area contributed by atoms with Crippen molar-refractivity contribution < 1.29 is 18.6 Å². The topological polar surface area (TPSA) is 40.8 Å². The average Bonchev–Trinajstić information content (AvgIpc) is 3.19. The Morgan fingerprint density at radius 1 is 1.16 bits per heavy atom. The molecule has 1 aliphatic carbocycles. The van der Waals surface area contributed by atoms with E-state index in [4.69, 9.17) is 18.6 Å². The van der Waals surface area contributed by atoms with E-state index in [-0.39, 0.29) is 5.60 Å². The fourth-order valence-electron chi connectivity index (χ4n) is 3.37. The zero-order chi connectivity index (χ0) is 17.5. The third-order valence-corrected chi connectivity index (χ3v) is 4.87. The largest absolute Gasteiger partial charge is 0.481 e. The molecule has 0 bridgehead atoms. The van der Waals surface area contributed by atoms with Crippen LogP contribution < -0.4 is 4.74 Å². The van der Waals surface area contributed by atoms with Crippen molar-refractivity contribution in [2.45, 2.75) is 37.4 Å². The number of furan rings is 1. The third kappa shape index (κ3) is 4.25. The van der Waals surface area contributed by atoms with Gasteiger partial charge in [0.15, 0.2) is 5.76 Å². The summed E-state index contributed by atoms with van der Waals surface area (Å²) in [6.45, 7) is 0.315. The van der Waals surface area contributed by atoms with E-state index in [1.165, 1.54) is 0 Å². The normalized spacial score (nSPS) is 22.9. The zero-order valence-corrected chi connectivity index (χ0v) is 14.8. The van der Waals surface area contributed by atoms with Crippen LogP contribution in [0.25, 0.3) is 0 Å². The maximum atomic E-state index is 5.94. The minimum absolute atomic E-state index is 0.256. The molecule has 25 heavy (non-hydrogen) atoms. The van der Waals surface area contributed by atoms with Gasteiger partial charge in [0.25, 0.3) is 0 Å². The van der Waals surface area contributed by atoms with Gasteiger partial charge < -0.3 is 18.6 Å². The molecule has 0 aliphatic heterocycles. The standard InChI is InChI=1S/C21H24O4/c1-22-18-10-12-21(23-2,13-11-18)17-6-3-7-20(16-17)25-15-5-9-19-8-4-14-24-19/h3-4,6-8,14,16,18H,10-13,15H2,1-2H3. The summed E-state index contributed by atoms with van der Waals surface area (Å²) < 4.78 is 22.4. The van der Waals surface area contributed by atoms with Gasteiger partial charge in [-0.25, -0.2) is 0 Å². The van der Waals surface area contributed by atoms with E-state index in [1.54, 1.807) is 20.5 Å². The summed E-state index contributed by atoms with van der Waals surface area (Å²) in [5.74, 6) is 7.33. The smallest absolute Gasteiger partial charge is 0.176 e. The van der Waals surface area contributed by atoms with Gasteiger partial charge in [-0.3, -0.25) is 0 Å². The van der Waals surface area contributed by atoms with E-state index < -0.39 is 0 Å². The van der Waals surface area contributed by atoms with Crippen molar-refractivity contribution >= 4 is 0 Å². The third-order valence-electron chi connectivity index (χ3n) is 4.87. The Morgan fingerprint density at radius 2 is 2.00 bits per heavy atom. The number of benzene rings is 1. The van der Waals surface area contributed by atoms with Crippen LogP contribution >= 0.6 is 0 Å². The van der Waals surface area contributed by atoms with Crippen LogP contribution in [0.1, 0.15) is 37.0 Å². The van der Waals surface area contributed by atoms with Gasteiger partial charge in [-0.15, -0.1) is 0 Å². The molecule has 0 radical (unpaired) electrons. The number of rotatable bonds is 5. The molecule has 4 nitrogen and oxygen atoms in total. The Morgan fingerprint density at radius 3 is 2.68 bits per heavy atom. The molecule has 1 aliphatic rings. The molecule has 3 rings (SSSR count). The van der Waals surface area contributed by atoms with Crippen LogP contribution in [-0.2, 0) is 15.1 Å². The van der Waals surface area contributed by atoms with Crippen molar-refractivity contribution in [3.05, 3.63) is 54.0 Å². The van der Waals surface area contributed by atoms with Gasteiger partial charge in [0.05, 0.1) is 18.0 Å². The van der Waals surface area contributed by atoms with Crippen LogP contribution in [0, 0.1) is 11.8 Å². The number of methoxy groups -OCH3 is 2. The molecule has 1 fully saturated rings. The highest BCUT2D eigenvalue weighted by Crippen LogP contribution is 2.41. The van der Waals surface area contributed by atoms with Crippen LogP contribution in [0.4, 0.5) is 0 Å². The maximum absolute atomic E-state index is 5.94. The van der Waals surface area contributed by atoms with Crippen LogP contribution in [-0.4, -0.2) is 26.9 Å². The Labute approximate surface area is 149 Å². The van der Waals surface area contributed by atoms with Crippen molar-refractivity contribution in [2.75, 3.05) is 20.8 Å². The lowest BCUT2D eigenvalue weighted by atomic mass is 9.78. The summed E-state index contributed by atoms with van der Waals surface area (Å²) in [7, 11) is 3.57. The summed E-state index contributed by atoms with van der Waals surface area (Å²) >= 11 is 0. The van der Waals surface area contributed by atoms with E-state index in [0.717, 1.165) is 37.0 Å². The van der Waals surface area contributed by atoms with Gasteiger partial charge >= 0.3 is 0 Å². The minimum Gasteiger partial charge on any atom is -0.481 e. The molecule has 0 atom stereocenters. The van der Waals surface area contributed by atoms with E-state index in [9.17, 15) is 0 Å². The average molecular weight is 340 g/mol. The summed E-state index contributed by atoms with van der Waals surface area (Å²) in [5.41, 5.74) is 0.898. The Bertz CT molecular complexity index is 716. The Kier molecular flexibility index (Phi) is 5.80. The van der Waals surface area contributed by atoms with Gasteiger partial charge in [0.2, 0.25) is 0 Å². The SMILES string of the molecule is COC1CCC(OC)(c2cccc(OCC#Cc3ccco3)c2)CC1. The number of ether oxygens (including phenoxy) is 3. The quantitative estimate of drug-likeness (QED) is 0.767. The fourth-order valence-corrected chi connectivity index (χ4v) is 3.37. The lowest BCUT2D eigenvalue weighted by Gasteiger charge is -2.39. The molecule has 1 aromatic carbocycles. The molecule has 132 valence electrons. The highest BCUT2D eigenvalue weighted by molar-refractivity contribution is 5.33. The molecule has 0 saturated heterocycles. The van der Waals surface area contributed by atoms with Gasteiger partial charge in [-0.2, -0.15) is 0 Å². The second-order valence-electron chi connectivity index (χ2n) is 6.23. The first-order valence-electron chi connectivity index (χ1n) is 8.59. The second kappa shape index (κ2) is 8.24. The van der Waals surface area contributed by atoms with Gasteiger partial charge in [-0.1, -0.05) is 18.1 Å². The molecular weight excluding hydrogens is 316 g/mol. The van der Waals surface area contributed by atoms with Crippen molar-refractivity contribution in [2.24, 2.45) is 0 Å². The monoisotopic (exact) mass is 340 g/mol. The number of hydrogen-bond donors (Lipinski definition) is 0. The highest BCUT2D eigenvalue weighted by atomic mass is 16.5. The molecule has 0 amide bonds. The first-order valence-corrected chi connectivity index (χ1v) is 8.59. The molecular formula is C21H24O4. The van der Waals surface area contributed by atoms with Crippen molar-refractivity contribution in [1.82, 2.24) is 0 Å². The predicted octanol–water partition coefficient (Wildman–Crippen LogP) is 4.14. The first kappa shape index (κ1) is 17.6. The lowest BCUT2D eigenvalue weighted by molar-refractivity contribution is -0.0762. The van der Waals surface area contributed by atoms with Crippen LogP contribution in [0.15, 0.2) is 47.1 Å². The summed E-state index contributed by atoms with van der Waals surface area (Å²) in [4.78, 5) is 0. The molecule has 2 aromatic rings. The van der Waals surface area contributed by atoms with Gasteiger partial charge in [-0.05, 0) is 61.4 Å². The zero-order valence-electron chi connectivity index (χ0n) is 14.8. The van der Waals surface area contributed by atoms with E-state index in [2.05, 4.69) is 24.0 Å². The molecule has 0 N–H and O–H groups in total. The molecule has 1 heterocycles. The number of hydrogen-bond acceptors (Lipinski definition) is 4. The van der Waals surface area contributed by atoms with Crippen LogP contribution in [0.2, 0.25) is 0 Å². The summed E-state index contributed by atoms with van der Waals surface area (Å²) in [6, 6.07) is 11.8. The van der Waals surface area contributed by atoms with Gasteiger partial charge in [0, 0.05) is 14.2 Å². The fraction of sp³-hybridized carbons (Fsp3) is 0.429. The van der Waals surface area contributed by atoms with Crippen molar-refractivity contribution in [3.63, 3.8) is 0 Å². The van der Waals surface area contributed by atoms with Crippen LogP contribution in [0.3, 0.4) is 0 Å². The van der Waals surface area contributed by atoms with Gasteiger partial charge in [0.1, 0.15) is 12.4 Å². The maximum Gasteiger partial charge on any atom is 0.176 e. The second-order valence-corrected chi connectivity index (χ2v) is 6.23. The summed E-state index contributed by atoms with van der Waals surface area (Å²) in [5, 5.41) is 0. The van der Waals surface area contributed by atoms with E-state index in [1.807, 2.05) is 24.3 Å². The molecule has 0 unspecified atom stereocenters. The highest BCUT2D eigenvalue weighted by Gasteiger charge is 2.37. The van der Waals surface area contributed by atoms with E-state index >= 15 is 0 Å². The van der Waals surface area contributed by atoms with Crippen molar-refractivity contribution in [3.8, 4) is 17.6 Å². The lowest BCUT2D eigenvalue weighted by Crippen LogP contribution is -2.35. The molecule has 0 spiro atoms. The summed E-state index contributed by atoms with van der Waals surface area (Å²) in [6.07, 6.45) is 5.85. The van der Waals surface area contributed by atoms with Crippen LogP contribution in [0.5, 0.6) is 5.75 Å². The van der Waals surface area contributed by atoms with Crippen molar-refractivity contribution in [1.29, 1.82) is 0 Å². The Hall–Kier alpha value is -2.22. The molecule has 1 saturated carbocycles. The predicted molar refractivity (Wildman–Crippen MR) is 95.5 cm³/mol. The minimum atomic E-state index is -0.256. The first-order chi connectivity index (χ1) is 12.3.